The molecule has 0 amide bonds. The van der Waals surface area contributed by atoms with Gasteiger partial charge in [0.25, 0.3) is 0 Å². The van der Waals surface area contributed by atoms with Gasteiger partial charge in [-0.1, -0.05) is 17.7 Å². The van der Waals surface area contributed by atoms with E-state index in [1.807, 2.05) is 18.2 Å². The van der Waals surface area contributed by atoms with E-state index in [0.29, 0.717) is 22.8 Å². The first-order valence-corrected chi connectivity index (χ1v) is 7.38. The molecule has 0 fully saturated rings. The van der Waals surface area contributed by atoms with E-state index in [-0.39, 0.29) is 18.0 Å². The van der Waals surface area contributed by atoms with Crippen molar-refractivity contribution in [2.45, 2.75) is 18.6 Å². The fourth-order valence-corrected chi connectivity index (χ4v) is 2.83. The molecule has 3 rings (SSSR count). The first-order valence-electron chi connectivity index (χ1n) is 6.21. The van der Waals surface area contributed by atoms with E-state index < -0.39 is 0 Å². The molecule has 2 unspecified atom stereocenters. The third kappa shape index (κ3) is 2.55. The minimum atomic E-state index is -0.298. The molecule has 0 saturated heterocycles. The number of benzene rings is 2. The number of halogens is 3. The Hall–Kier alpha value is -1.10. The van der Waals surface area contributed by atoms with E-state index >= 15 is 0 Å². The molecule has 104 valence electrons. The van der Waals surface area contributed by atoms with Crippen molar-refractivity contribution >= 4 is 27.5 Å². The summed E-state index contributed by atoms with van der Waals surface area (Å²) in [6.45, 7) is 0. The molecule has 0 spiro atoms. The van der Waals surface area contributed by atoms with E-state index in [1.54, 1.807) is 6.07 Å². The summed E-state index contributed by atoms with van der Waals surface area (Å²) in [6.07, 6.45) is 0.419. The zero-order valence-electron chi connectivity index (χ0n) is 10.4. The summed E-state index contributed by atoms with van der Waals surface area (Å²) < 4.78 is 20.0. The first kappa shape index (κ1) is 13.9. The molecule has 5 heteroatoms. The Morgan fingerprint density at radius 2 is 2.05 bits per heavy atom. The van der Waals surface area contributed by atoms with Gasteiger partial charge in [0.1, 0.15) is 17.7 Å². The Morgan fingerprint density at radius 3 is 2.80 bits per heavy atom. The van der Waals surface area contributed by atoms with Gasteiger partial charge in [0, 0.05) is 22.5 Å². The third-order valence-electron chi connectivity index (χ3n) is 3.42. The molecule has 2 aromatic rings. The number of rotatable bonds is 1. The highest BCUT2D eigenvalue weighted by molar-refractivity contribution is 9.10. The van der Waals surface area contributed by atoms with Crippen LogP contribution in [-0.2, 0) is 0 Å². The van der Waals surface area contributed by atoms with E-state index in [4.69, 9.17) is 22.1 Å². The lowest BCUT2D eigenvalue weighted by Crippen LogP contribution is -2.24. The third-order valence-corrected chi connectivity index (χ3v) is 4.66. The van der Waals surface area contributed by atoms with Gasteiger partial charge < -0.3 is 10.5 Å². The summed E-state index contributed by atoms with van der Waals surface area (Å²) in [6, 6.07) is 9.87. The van der Waals surface area contributed by atoms with Crippen LogP contribution in [-0.4, -0.2) is 0 Å². The lowest BCUT2D eigenvalue weighted by Gasteiger charge is -2.30. The maximum atomic E-state index is 13.3. The normalized spacial score (nSPS) is 21.2. The molecule has 0 saturated carbocycles. The van der Waals surface area contributed by atoms with Gasteiger partial charge in [0.15, 0.2) is 0 Å². The lowest BCUT2D eigenvalue weighted by atomic mass is 9.93. The van der Waals surface area contributed by atoms with E-state index in [2.05, 4.69) is 15.9 Å². The summed E-state index contributed by atoms with van der Waals surface area (Å²) in [5.41, 5.74) is 7.80. The number of hydrogen-bond acceptors (Lipinski definition) is 2. The van der Waals surface area contributed by atoms with Gasteiger partial charge in [-0.25, -0.2) is 4.39 Å². The Labute approximate surface area is 129 Å². The van der Waals surface area contributed by atoms with Gasteiger partial charge in [0.05, 0.1) is 5.02 Å². The number of fused-ring (bicyclic) bond motifs is 1. The van der Waals surface area contributed by atoms with Crippen molar-refractivity contribution in [1.29, 1.82) is 0 Å². The highest BCUT2D eigenvalue weighted by Gasteiger charge is 2.27. The Kier molecular flexibility index (Phi) is 3.71. The van der Waals surface area contributed by atoms with Crippen LogP contribution < -0.4 is 10.5 Å². The van der Waals surface area contributed by atoms with Crippen LogP contribution >= 0.6 is 27.5 Å². The van der Waals surface area contributed by atoms with Crippen LogP contribution in [0.25, 0.3) is 0 Å². The monoisotopic (exact) mass is 355 g/mol. The van der Waals surface area contributed by atoms with Crippen LogP contribution in [0.1, 0.15) is 29.7 Å². The molecule has 2 nitrogen and oxygen atoms in total. The number of nitrogens with two attached hydrogens (primary N) is 1. The second-order valence-corrected chi connectivity index (χ2v) is 6.07. The summed E-state index contributed by atoms with van der Waals surface area (Å²) in [5.74, 6) is 0.335. The van der Waals surface area contributed by atoms with Gasteiger partial charge in [-0.15, -0.1) is 0 Å². The largest absolute Gasteiger partial charge is 0.485 e. The molecule has 2 aromatic carbocycles. The summed E-state index contributed by atoms with van der Waals surface area (Å²) >= 11 is 9.47. The number of ether oxygens (including phenoxy) is 1. The zero-order chi connectivity index (χ0) is 14.3. The van der Waals surface area contributed by atoms with E-state index in [0.717, 1.165) is 10.0 Å². The van der Waals surface area contributed by atoms with Crippen LogP contribution in [0, 0.1) is 5.82 Å². The molecular formula is C15H12BrClFNO. The summed E-state index contributed by atoms with van der Waals surface area (Å²) in [5, 5.41) is 0.629. The maximum Gasteiger partial charge on any atom is 0.126 e. The number of hydrogen-bond donors (Lipinski definition) is 1. The van der Waals surface area contributed by atoms with Gasteiger partial charge >= 0.3 is 0 Å². The minimum Gasteiger partial charge on any atom is -0.485 e. The van der Waals surface area contributed by atoms with Crippen LogP contribution in [0.4, 0.5) is 4.39 Å². The lowest BCUT2D eigenvalue weighted by molar-refractivity contribution is 0.161. The minimum absolute atomic E-state index is 0.173. The topological polar surface area (TPSA) is 35.2 Å². The smallest absolute Gasteiger partial charge is 0.126 e. The van der Waals surface area contributed by atoms with Gasteiger partial charge in [-0.3, -0.25) is 0 Å². The second-order valence-electron chi connectivity index (χ2n) is 4.80. The Morgan fingerprint density at radius 1 is 1.25 bits per heavy atom. The van der Waals surface area contributed by atoms with Crippen LogP contribution in [0.5, 0.6) is 5.75 Å². The molecule has 2 N–H and O–H groups in total. The second kappa shape index (κ2) is 5.35. The van der Waals surface area contributed by atoms with Crippen molar-refractivity contribution in [1.82, 2.24) is 0 Å². The molecule has 0 bridgehead atoms. The zero-order valence-corrected chi connectivity index (χ0v) is 12.8. The molecule has 0 radical (unpaired) electrons. The average molecular weight is 357 g/mol. The van der Waals surface area contributed by atoms with E-state index in [1.165, 1.54) is 12.1 Å². The van der Waals surface area contributed by atoms with Gasteiger partial charge in [-0.05, 0) is 51.8 Å². The predicted molar refractivity (Wildman–Crippen MR) is 80.5 cm³/mol. The highest BCUT2D eigenvalue weighted by Crippen LogP contribution is 2.40. The van der Waals surface area contributed by atoms with Gasteiger partial charge in [0.2, 0.25) is 0 Å². The highest BCUT2D eigenvalue weighted by atomic mass is 79.9. The molecule has 20 heavy (non-hydrogen) atoms. The van der Waals surface area contributed by atoms with Crippen LogP contribution in [0.3, 0.4) is 0 Å². The fraction of sp³-hybridized carbons (Fsp3) is 0.200. The molecule has 1 aliphatic heterocycles. The van der Waals surface area contributed by atoms with Crippen LogP contribution in [0.2, 0.25) is 5.02 Å². The van der Waals surface area contributed by atoms with Crippen molar-refractivity contribution < 1.29 is 9.13 Å². The molecule has 0 aromatic heterocycles. The summed E-state index contributed by atoms with van der Waals surface area (Å²) in [4.78, 5) is 0. The molecule has 1 aliphatic rings. The van der Waals surface area contributed by atoms with Crippen molar-refractivity contribution in [3.63, 3.8) is 0 Å². The molecular weight excluding hydrogens is 345 g/mol. The van der Waals surface area contributed by atoms with E-state index in [9.17, 15) is 4.39 Å². The van der Waals surface area contributed by atoms with Crippen LogP contribution in [0.15, 0.2) is 40.9 Å². The molecule has 0 aliphatic carbocycles. The molecule has 1 heterocycles. The standard InChI is InChI=1S/C15H12BrClFNO/c16-11-3-1-8(5-12(11)17)15-7-13(19)10-6-9(18)2-4-14(10)20-15/h1-6,13,15H,7,19H2. The molecule has 2 atom stereocenters. The Balaban J connectivity index is 1.94. The van der Waals surface area contributed by atoms with Crippen molar-refractivity contribution in [2.75, 3.05) is 0 Å². The SMILES string of the molecule is NC1CC(c2ccc(Br)c(Cl)c2)Oc2ccc(F)cc21. The summed E-state index contributed by atoms with van der Waals surface area (Å²) in [7, 11) is 0. The average Bonchev–Trinajstić information content (AvgIpc) is 2.42. The van der Waals surface area contributed by atoms with Crippen molar-refractivity contribution in [2.24, 2.45) is 5.73 Å². The van der Waals surface area contributed by atoms with Crippen molar-refractivity contribution in [3.05, 3.63) is 62.8 Å². The predicted octanol–water partition coefficient (Wildman–Crippen LogP) is 4.77. The quantitative estimate of drug-likeness (QED) is 0.799. The van der Waals surface area contributed by atoms with Gasteiger partial charge in [-0.2, -0.15) is 0 Å². The first-order chi connectivity index (χ1) is 9.54. The van der Waals surface area contributed by atoms with Crippen molar-refractivity contribution in [3.8, 4) is 5.75 Å². The maximum absolute atomic E-state index is 13.3. The Bertz CT molecular complexity index is 664. The fourth-order valence-electron chi connectivity index (χ4n) is 2.39.